The van der Waals surface area contributed by atoms with Crippen molar-refractivity contribution in [1.29, 1.82) is 0 Å². The Hall–Kier alpha value is -1.26. The van der Waals surface area contributed by atoms with Gasteiger partial charge in [0.15, 0.2) is 12.4 Å². The van der Waals surface area contributed by atoms with Crippen molar-refractivity contribution in [2.24, 2.45) is 7.05 Å². The summed E-state index contributed by atoms with van der Waals surface area (Å²) in [5, 5.41) is 9.27. The van der Waals surface area contributed by atoms with Crippen LogP contribution in [0.4, 0.5) is 4.39 Å². The van der Waals surface area contributed by atoms with E-state index >= 15 is 0 Å². The minimum Gasteiger partial charge on any atom is -1.00 e. The van der Waals surface area contributed by atoms with Crippen LogP contribution < -0.4 is 21.5 Å². The van der Waals surface area contributed by atoms with Crippen LogP contribution in [0.2, 0.25) is 0 Å². The maximum Gasteiger partial charge on any atom is 0.174 e. The van der Waals surface area contributed by atoms with Gasteiger partial charge in [-0.2, -0.15) is 0 Å². The minimum absolute atomic E-state index is 0. The van der Waals surface area contributed by atoms with Gasteiger partial charge in [-0.3, -0.25) is 0 Å². The molecular weight excluding hydrogens is 285 g/mol. The van der Waals surface area contributed by atoms with E-state index in [1.165, 1.54) is 12.1 Å². The molecule has 1 N–H and O–H groups in total. The third-order valence-corrected chi connectivity index (χ3v) is 2.51. The van der Waals surface area contributed by atoms with Crippen molar-refractivity contribution in [3.8, 4) is 11.1 Å². The summed E-state index contributed by atoms with van der Waals surface area (Å²) >= 11 is 0. The molecular formula is C13H13BrFNO. The number of halogens is 2. The Balaban J connectivity index is 0.00000144. The molecule has 0 aliphatic heterocycles. The van der Waals surface area contributed by atoms with Gasteiger partial charge in [0.25, 0.3) is 0 Å². The first-order chi connectivity index (χ1) is 7.70. The molecule has 0 amide bonds. The number of aliphatic hydroxyl groups is 1. The highest BCUT2D eigenvalue weighted by atomic mass is 79.9. The average molecular weight is 298 g/mol. The second kappa shape index (κ2) is 5.89. The molecule has 0 fully saturated rings. The fourth-order valence-corrected chi connectivity index (χ4v) is 1.69. The van der Waals surface area contributed by atoms with Gasteiger partial charge in [0.05, 0.1) is 6.61 Å². The van der Waals surface area contributed by atoms with Gasteiger partial charge >= 0.3 is 0 Å². The number of benzene rings is 1. The molecule has 0 bridgehead atoms. The number of rotatable bonds is 2. The first-order valence-corrected chi connectivity index (χ1v) is 5.05. The van der Waals surface area contributed by atoms with Crippen LogP contribution >= 0.6 is 0 Å². The lowest BCUT2D eigenvalue weighted by Gasteiger charge is -2.05. The van der Waals surface area contributed by atoms with Crippen LogP contribution in [0.5, 0.6) is 0 Å². The van der Waals surface area contributed by atoms with E-state index in [1.807, 2.05) is 30.1 Å². The van der Waals surface area contributed by atoms with Crippen LogP contribution in [0.15, 0.2) is 42.7 Å². The Morgan fingerprint density at radius 1 is 1.18 bits per heavy atom. The number of hydrogen-bond donors (Lipinski definition) is 1. The SMILES string of the molecule is C[n+]1ccc(-c2ccc(F)cc2)c(CO)c1.[Br-]. The lowest BCUT2D eigenvalue weighted by Crippen LogP contribution is -3.00. The lowest BCUT2D eigenvalue weighted by molar-refractivity contribution is -0.671. The predicted octanol–water partition coefficient (Wildman–Crippen LogP) is -1.19. The molecule has 0 radical (unpaired) electrons. The van der Waals surface area contributed by atoms with E-state index < -0.39 is 0 Å². The van der Waals surface area contributed by atoms with Crippen LogP contribution in [-0.2, 0) is 13.7 Å². The van der Waals surface area contributed by atoms with E-state index in [4.69, 9.17) is 0 Å². The molecule has 2 nitrogen and oxygen atoms in total. The number of aromatic nitrogens is 1. The third kappa shape index (κ3) is 3.11. The summed E-state index contributed by atoms with van der Waals surface area (Å²) in [4.78, 5) is 0. The number of aryl methyl sites for hydroxylation is 1. The summed E-state index contributed by atoms with van der Waals surface area (Å²) in [6.45, 7) is -0.0264. The van der Waals surface area contributed by atoms with Gasteiger partial charge < -0.3 is 22.1 Å². The van der Waals surface area contributed by atoms with Crippen molar-refractivity contribution in [2.45, 2.75) is 6.61 Å². The van der Waals surface area contributed by atoms with Crippen LogP contribution in [0.25, 0.3) is 11.1 Å². The molecule has 0 atom stereocenters. The zero-order chi connectivity index (χ0) is 11.5. The summed E-state index contributed by atoms with van der Waals surface area (Å²) < 4.78 is 14.7. The van der Waals surface area contributed by atoms with Gasteiger partial charge in [0.1, 0.15) is 12.9 Å². The molecule has 4 heteroatoms. The van der Waals surface area contributed by atoms with E-state index in [0.717, 1.165) is 16.7 Å². The van der Waals surface area contributed by atoms with Gasteiger partial charge in [-0.1, -0.05) is 12.1 Å². The Morgan fingerprint density at radius 2 is 1.82 bits per heavy atom. The summed E-state index contributed by atoms with van der Waals surface area (Å²) in [5.74, 6) is -0.254. The summed E-state index contributed by atoms with van der Waals surface area (Å²) in [7, 11) is 1.90. The van der Waals surface area contributed by atoms with Gasteiger partial charge in [-0.05, 0) is 23.3 Å². The second-order valence-electron chi connectivity index (χ2n) is 3.71. The molecule has 0 aliphatic rings. The van der Waals surface area contributed by atoms with E-state index in [2.05, 4.69) is 0 Å². The van der Waals surface area contributed by atoms with Crippen molar-refractivity contribution >= 4 is 0 Å². The van der Waals surface area contributed by atoms with Crippen LogP contribution in [0.3, 0.4) is 0 Å². The third-order valence-electron chi connectivity index (χ3n) is 2.51. The number of aliphatic hydroxyl groups excluding tert-OH is 1. The van der Waals surface area contributed by atoms with Gasteiger partial charge in [-0.15, -0.1) is 0 Å². The van der Waals surface area contributed by atoms with Crippen molar-refractivity contribution in [2.75, 3.05) is 0 Å². The molecule has 0 spiro atoms. The van der Waals surface area contributed by atoms with Gasteiger partial charge in [-0.25, -0.2) is 8.96 Å². The second-order valence-corrected chi connectivity index (χ2v) is 3.71. The van der Waals surface area contributed by atoms with Crippen LogP contribution in [0, 0.1) is 5.82 Å². The summed E-state index contributed by atoms with van der Waals surface area (Å²) in [5.41, 5.74) is 2.67. The molecule has 1 aromatic carbocycles. The molecule has 0 aliphatic carbocycles. The number of nitrogens with zero attached hydrogens (tertiary/aromatic N) is 1. The van der Waals surface area contributed by atoms with Crippen molar-refractivity contribution in [1.82, 2.24) is 0 Å². The van der Waals surface area contributed by atoms with Crippen LogP contribution in [-0.4, -0.2) is 5.11 Å². The normalized spacial score (nSPS) is 9.82. The first kappa shape index (κ1) is 13.8. The maximum absolute atomic E-state index is 12.8. The maximum atomic E-state index is 12.8. The Kier molecular flexibility index (Phi) is 4.78. The zero-order valence-corrected chi connectivity index (χ0v) is 11.0. The molecule has 2 aromatic rings. The van der Waals surface area contributed by atoms with E-state index in [1.54, 1.807) is 12.1 Å². The van der Waals surface area contributed by atoms with Gasteiger partial charge in [0.2, 0.25) is 0 Å². The molecule has 0 unspecified atom stereocenters. The van der Waals surface area contributed by atoms with Crippen molar-refractivity contribution < 1.29 is 31.0 Å². The fraction of sp³-hybridized carbons (Fsp3) is 0.154. The molecule has 0 saturated carbocycles. The van der Waals surface area contributed by atoms with Gasteiger partial charge in [0, 0.05) is 11.6 Å². The number of pyridine rings is 1. The topological polar surface area (TPSA) is 24.1 Å². The highest BCUT2D eigenvalue weighted by Gasteiger charge is 2.08. The molecule has 90 valence electrons. The highest BCUT2D eigenvalue weighted by Crippen LogP contribution is 2.22. The highest BCUT2D eigenvalue weighted by molar-refractivity contribution is 5.65. The van der Waals surface area contributed by atoms with E-state index in [-0.39, 0.29) is 29.4 Å². The summed E-state index contributed by atoms with van der Waals surface area (Å²) in [6.07, 6.45) is 3.76. The van der Waals surface area contributed by atoms with Crippen LogP contribution in [0.1, 0.15) is 5.56 Å². The molecule has 1 aromatic heterocycles. The molecule has 2 rings (SSSR count). The largest absolute Gasteiger partial charge is 1.00 e. The average Bonchev–Trinajstić information content (AvgIpc) is 2.30. The minimum atomic E-state index is -0.254. The van der Waals surface area contributed by atoms with E-state index in [9.17, 15) is 9.50 Å². The fourth-order valence-electron chi connectivity index (χ4n) is 1.69. The monoisotopic (exact) mass is 297 g/mol. The Bertz CT molecular complexity index is 499. The molecule has 0 saturated heterocycles. The zero-order valence-electron chi connectivity index (χ0n) is 9.40. The Morgan fingerprint density at radius 3 is 2.41 bits per heavy atom. The smallest absolute Gasteiger partial charge is 0.174 e. The van der Waals surface area contributed by atoms with Crippen molar-refractivity contribution in [3.63, 3.8) is 0 Å². The standard InChI is InChI=1S/C13H13FNO.BrH/c1-15-7-6-13(11(8-15)9-16)10-2-4-12(14)5-3-10;/h2-8,16H,9H2,1H3;1H/q+1;/p-1. The van der Waals surface area contributed by atoms with Crippen molar-refractivity contribution in [3.05, 3.63) is 54.1 Å². The molecule has 17 heavy (non-hydrogen) atoms. The summed E-state index contributed by atoms with van der Waals surface area (Å²) in [6, 6.07) is 8.18. The number of hydrogen-bond acceptors (Lipinski definition) is 1. The Labute approximate surface area is 110 Å². The quantitative estimate of drug-likeness (QED) is 0.693. The molecule has 1 heterocycles. The predicted molar refractivity (Wildman–Crippen MR) is 58.9 cm³/mol. The first-order valence-electron chi connectivity index (χ1n) is 5.05. The van der Waals surface area contributed by atoms with E-state index in [0.29, 0.717) is 0 Å². The lowest BCUT2D eigenvalue weighted by atomic mass is 10.0.